The summed E-state index contributed by atoms with van der Waals surface area (Å²) < 4.78 is 0. The lowest BCUT2D eigenvalue weighted by Gasteiger charge is -2.07. The van der Waals surface area contributed by atoms with Gasteiger partial charge in [0.25, 0.3) is 5.91 Å². The number of carbonyl (C=O) groups excluding carboxylic acids is 1. The van der Waals surface area contributed by atoms with Crippen molar-refractivity contribution >= 4 is 40.5 Å². The normalized spacial score (nSPS) is 10.3. The number of carbonyl (C=O) groups is 1. The van der Waals surface area contributed by atoms with E-state index in [1.54, 1.807) is 18.2 Å². The molecule has 116 valence electrons. The van der Waals surface area contributed by atoms with Crippen LogP contribution >= 0.6 is 22.9 Å². The first-order chi connectivity index (χ1) is 11.2. The third kappa shape index (κ3) is 4.06. The lowest BCUT2D eigenvalue weighted by molar-refractivity contribution is 0.103. The molecule has 0 unspecified atom stereocenters. The fraction of sp³-hybridized carbons (Fsp3) is 0.0625. The molecule has 2 aromatic heterocycles. The Morgan fingerprint density at radius 1 is 1.04 bits per heavy atom. The molecule has 3 rings (SSSR count). The second kappa shape index (κ2) is 7.21. The van der Waals surface area contributed by atoms with Gasteiger partial charge < -0.3 is 10.6 Å². The number of hydrogen-bond donors (Lipinski definition) is 2. The Morgan fingerprint density at radius 2 is 1.83 bits per heavy atom. The quantitative estimate of drug-likeness (QED) is 0.732. The molecule has 0 bridgehead atoms. The topological polar surface area (TPSA) is 66.9 Å². The van der Waals surface area contributed by atoms with E-state index in [9.17, 15) is 4.79 Å². The second-order valence-electron chi connectivity index (χ2n) is 4.68. The summed E-state index contributed by atoms with van der Waals surface area (Å²) in [6, 6.07) is 14.6. The molecule has 1 amide bonds. The lowest BCUT2D eigenvalue weighted by Crippen LogP contribution is -2.12. The van der Waals surface area contributed by atoms with Crippen LogP contribution in [0.15, 0.2) is 53.9 Å². The van der Waals surface area contributed by atoms with Gasteiger partial charge in [-0.25, -0.2) is 0 Å². The molecule has 2 heterocycles. The summed E-state index contributed by atoms with van der Waals surface area (Å²) in [5.74, 6) is 0.830. The Morgan fingerprint density at radius 3 is 2.52 bits per heavy atom. The zero-order valence-corrected chi connectivity index (χ0v) is 13.6. The van der Waals surface area contributed by atoms with E-state index in [-0.39, 0.29) is 5.91 Å². The number of rotatable bonds is 5. The number of amides is 1. The zero-order valence-electron chi connectivity index (χ0n) is 12.0. The average molecular weight is 345 g/mol. The Kier molecular flexibility index (Phi) is 4.85. The Labute approximate surface area is 142 Å². The van der Waals surface area contributed by atoms with E-state index < -0.39 is 0 Å². The van der Waals surface area contributed by atoms with Gasteiger partial charge in [0, 0.05) is 11.6 Å². The third-order valence-electron chi connectivity index (χ3n) is 3.07. The number of aromatic nitrogens is 2. The minimum Gasteiger partial charge on any atom is -0.364 e. The number of nitrogens with one attached hydrogen (secondary N) is 2. The van der Waals surface area contributed by atoms with Crippen LogP contribution in [-0.4, -0.2) is 16.1 Å². The van der Waals surface area contributed by atoms with Gasteiger partial charge in [-0.05, 0) is 35.2 Å². The van der Waals surface area contributed by atoms with E-state index in [1.165, 1.54) is 11.3 Å². The van der Waals surface area contributed by atoms with Gasteiger partial charge in [-0.15, -0.1) is 21.5 Å². The third-order valence-corrected chi connectivity index (χ3v) is 4.31. The Balaban J connectivity index is 1.59. The van der Waals surface area contributed by atoms with Gasteiger partial charge in [0.15, 0.2) is 5.82 Å². The van der Waals surface area contributed by atoms with Crippen LogP contribution in [0.4, 0.5) is 11.6 Å². The van der Waals surface area contributed by atoms with Gasteiger partial charge in [-0.1, -0.05) is 35.9 Å². The standard InChI is InChI=1S/C16H13ClN4OS/c17-12-5-2-1-4-11(12)10-18-14-7-8-15(21-20-14)19-16(22)13-6-3-9-23-13/h1-9H,10H2,(H,18,20)(H,19,21,22). The van der Waals surface area contributed by atoms with Crippen LogP contribution in [0.1, 0.15) is 15.2 Å². The molecule has 0 saturated heterocycles. The van der Waals surface area contributed by atoms with Crippen molar-refractivity contribution in [2.75, 3.05) is 10.6 Å². The van der Waals surface area contributed by atoms with Crippen LogP contribution in [-0.2, 0) is 6.54 Å². The summed E-state index contributed by atoms with van der Waals surface area (Å²) in [5.41, 5.74) is 0.978. The molecule has 0 spiro atoms. The maximum Gasteiger partial charge on any atom is 0.266 e. The van der Waals surface area contributed by atoms with Crippen LogP contribution in [0.5, 0.6) is 0 Å². The smallest absolute Gasteiger partial charge is 0.266 e. The molecule has 0 aliphatic rings. The van der Waals surface area contributed by atoms with Gasteiger partial charge in [0.1, 0.15) is 5.82 Å². The van der Waals surface area contributed by atoms with Gasteiger partial charge in [0.05, 0.1) is 4.88 Å². The van der Waals surface area contributed by atoms with Gasteiger partial charge in [0.2, 0.25) is 0 Å². The van der Waals surface area contributed by atoms with E-state index >= 15 is 0 Å². The number of anilines is 2. The number of nitrogens with zero attached hydrogens (tertiary/aromatic N) is 2. The SMILES string of the molecule is O=C(Nc1ccc(NCc2ccccc2Cl)nn1)c1cccs1. The van der Waals surface area contributed by atoms with Crippen molar-refractivity contribution in [1.29, 1.82) is 0 Å². The molecule has 7 heteroatoms. The second-order valence-corrected chi connectivity index (χ2v) is 6.04. The molecule has 0 aliphatic carbocycles. The minimum absolute atomic E-state index is 0.189. The maximum absolute atomic E-state index is 11.9. The number of benzene rings is 1. The molecule has 0 aliphatic heterocycles. The van der Waals surface area contributed by atoms with Crippen molar-refractivity contribution in [3.63, 3.8) is 0 Å². The molecule has 0 fully saturated rings. The summed E-state index contributed by atoms with van der Waals surface area (Å²) >= 11 is 7.47. The average Bonchev–Trinajstić information content (AvgIpc) is 3.10. The first-order valence-corrected chi connectivity index (χ1v) is 8.14. The molecule has 0 saturated carbocycles. The van der Waals surface area contributed by atoms with Gasteiger partial charge in [-0.2, -0.15) is 0 Å². The molecule has 23 heavy (non-hydrogen) atoms. The fourth-order valence-corrected chi connectivity index (χ4v) is 2.73. The van der Waals surface area contributed by atoms with Gasteiger partial charge in [-0.3, -0.25) is 4.79 Å². The molecule has 0 radical (unpaired) electrons. The van der Waals surface area contributed by atoms with Crippen LogP contribution in [0, 0.1) is 0 Å². The molecular formula is C16H13ClN4OS. The number of hydrogen-bond acceptors (Lipinski definition) is 5. The number of thiophene rings is 1. The summed E-state index contributed by atoms with van der Waals surface area (Å²) in [6.45, 7) is 0.551. The lowest BCUT2D eigenvalue weighted by atomic mass is 10.2. The highest BCUT2D eigenvalue weighted by atomic mass is 35.5. The highest BCUT2D eigenvalue weighted by molar-refractivity contribution is 7.12. The molecular weight excluding hydrogens is 332 g/mol. The molecule has 3 aromatic rings. The molecule has 5 nitrogen and oxygen atoms in total. The Hall–Kier alpha value is -2.44. The summed E-state index contributed by atoms with van der Waals surface area (Å²) in [5, 5.41) is 16.4. The van der Waals surface area contributed by atoms with Crippen molar-refractivity contribution in [2.45, 2.75) is 6.54 Å². The first-order valence-electron chi connectivity index (χ1n) is 6.88. The highest BCUT2D eigenvalue weighted by Crippen LogP contribution is 2.17. The van der Waals surface area contributed by atoms with E-state index in [0.29, 0.717) is 28.1 Å². The monoisotopic (exact) mass is 344 g/mol. The van der Waals surface area contributed by atoms with E-state index in [0.717, 1.165) is 5.56 Å². The van der Waals surface area contributed by atoms with Crippen LogP contribution in [0.2, 0.25) is 5.02 Å². The highest BCUT2D eigenvalue weighted by Gasteiger charge is 2.08. The fourth-order valence-electron chi connectivity index (χ4n) is 1.91. The van der Waals surface area contributed by atoms with Crippen molar-refractivity contribution in [3.8, 4) is 0 Å². The van der Waals surface area contributed by atoms with Crippen molar-refractivity contribution in [3.05, 3.63) is 69.4 Å². The largest absolute Gasteiger partial charge is 0.364 e. The maximum atomic E-state index is 11.9. The van der Waals surface area contributed by atoms with Crippen molar-refractivity contribution in [2.24, 2.45) is 0 Å². The van der Waals surface area contributed by atoms with Crippen molar-refractivity contribution in [1.82, 2.24) is 10.2 Å². The van der Waals surface area contributed by atoms with E-state index in [2.05, 4.69) is 20.8 Å². The first kappa shape index (κ1) is 15.5. The molecule has 1 aromatic carbocycles. The zero-order chi connectivity index (χ0) is 16.1. The number of halogens is 1. The summed E-state index contributed by atoms with van der Waals surface area (Å²) in [4.78, 5) is 12.5. The van der Waals surface area contributed by atoms with Crippen molar-refractivity contribution < 1.29 is 4.79 Å². The van der Waals surface area contributed by atoms with Gasteiger partial charge >= 0.3 is 0 Å². The predicted octanol–water partition coefficient (Wildman–Crippen LogP) is 4.06. The summed E-state index contributed by atoms with van der Waals surface area (Å²) in [7, 11) is 0. The van der Waals surface area contributed by atoms with Crippen LogP contribution in [0.25, 0.3) is 0 Å². The van der Waals surface area contributed by atoms with E-state index in [1.807, 2.05) is 35.7 Å². The Bertz CT molecular complexity index is 790. The van der Waals surface area contributed by atoms with Crippen LogP contribution in [0.3, 0.4) is 0 Å². The molecule has 2 N–H and O–H groups in total. The van der Waals surface area contributed by atoms with Crippen LogP contribution < -0.4 is 10.6 Å². The molecule has 0 atom stereocenters. The van der Waals surface area contributed by atoms with E-state index in [4.69, 9.17) is 11.6 Å². The summed E-state index contributed by atoms with van der Waals surface area (Å²) in [6.07, 6.45) is 0. The predicted molar refractivity (Wildman–Crippen MR) is 93.1 cm³/mol. The minimum atomic E-state index is -0.189.